The number of aromatic nitrogens is 3. The highest BCUT2D eigenvalue weighted by Crippen LogP contribution is 2.15. The third-order valence-electron chi connectivity index (χ3n) is 3.85. The van der Waals surface area contributed by atoms with Gasteiger partial charge in [0, 0.05) is 6.61 Å². The molecule has 7 heteroatoms. The summed E-state index contributed by atoms with van der Waals surface area (Å²) in [5.74, 6) is -0.264. The van der Waals surface area contributed by atoms with Crippen LogP contribution in [0.5, 0.6) is 0 Å². The van der Waals surface area contributed by atoms with Crippen LogP contribution in [0.25, 0.3) is 0 Å². The lowest BCUT2D eigenvalue weighted by Gasteiger charge is -2.32. The maximum Gasteiger partial charge on any atom is 0.274 e. The number of aryl methyl sites for hydroxylation is 1. The molecule has 1 saturated heterocycles. The smallest absolute Gasteiger partial charge is 0.274 e. The van der Waals surface area contributed by atoms with Gasteiger partial charge in [0.2, 0.25) is 0 Å². The zero-order chi connectivity index (χ0) is 16.1. The summed E-state index contributed by atoms with van der Waals surface area (Å²) in [5.41, 5.74) is 1.98. The summed E-state index contributed by atoms with van der Waals surface area (Å²) >= 11 is 0. The molecule has 1 aromatic carbocycles. The highest BCUT2D eigenvalue weighted by molar-refractivity contribution is 5.93. The van der Waals surface area contributed by atoms with E-state index < -0.39 is 0 Å². The molecule has 23 heavy (non-hydrogen) atoms. The third-order valence-corrected chi connectivity index (χ3v) is 3.85. The first-order valence-electron chi connectivity index (χ1n) is 7.65. The first-order valence-corrected chi connectivity index (χ1v) is 7.65. The predicted octanol–water partition coefficient (Wildman–Crippen LogP) is 1.22. The molecule has 2 atom stereocenters. The number of H-pyrrole nitrogens is 1. The zero-order valence-corrected chi connectivity index (χ0v) is 13.0. The van der Waals surface area contributed by atoms with Crippen molar-refractivity contribution in [3.63, 3.8) is 0 Å². The Morgan fingerprint density at radius 3 is 2.96 bits per heavy atom. The Hall–Kier alpha value is -2.25. The van der Waals surface area contributed by atoms with E-state index in [0.29, 0.717) is 31.2 Å². The van der Waals surface area contributed by atoms with Crippen LogP contribution in [0.2, 0.25) is 0 Å². The van der Waals surface area contributed by atoms with Gasteiger partial charge >= 0.3 is 0 Å². The normalized spacial score (nSPS) is 21.1. The van der Waals surface area contributed by atoms with E-state index in [-0.39, 0.29) is 18.1 Å². The largest absolute Gasteiger partial charge is 0.379 e. The molecule has 1 aliphatic heterocycles. The standard InChI is InChI=1S/C16H20N4O3/c1-11-15(19-20-18-11)16(21)17-13-10-22-8-7-14(13)23-9-12-5-3-2-4-6-12/h2-6,13-14H,7-10H2,1H3,(H,17,21)(H,18,19,20)/t13-,14+/m1/s1. The number of hydrogen-bond donors (Lipinski definition) is 2. The van der Waals surface area contributed by atoms with Gasteiger partial charge < -0.3 is 14.8 Å². The second kappa shape index (κ2) is 7.34. The van der Waals surface area contributed by atoms with Crippen molar-refractivity contribution in [3.05, 3.63) is 47.3 Å². The molecule has 0 bridgehead atoms. The first kappa shape index (κ1) is 15.6. The highest BCUT2D eigenvalue weighted by atomic mass is 16.5. The molecule has 2 heterocycles. The summed E-state index contributed by atoms with van der Waals surface area (Å²) in [4.78, 5) is 12.3. The van der Waals surface area contributed by atoms with Crippen LogP contribution in [-0.4, -0.2) is 46.7 Å². The van der Waals surface area contributed by atoms with Gasteiger partial charge in [-0.15, -0.1) is 0 Å². The molecular weight excluding hydrogens is 296 g/mol. The van der Waals surface area contributed by atoms with Crippen molar-refractivity contribution in [3.8, 4) is 0 Å². The molecule has 2 N–H and O–H groups in total. The van der Waals surface area contributed by atoms with Gasteiger partial charge in [-0.2, -0.15) is 15.4 Å². The molecule has 0 spiro atoms. The fraction of sp³-hybridized carbons (Fsp3) is 0.438. The minimum atomic E-state index is -0.264. The summed E-state index contributed by atoms with van der Waals surface area (Å²) in [5, 5.41) is 13.1. The van der Waals surface area contributed by atoms with Crippen molar-refractivity contribution in [1.29, 1.82) is 0 Å². The molecule has 0 saturated carbocycles. The number of nitrogens with zero attached hydrogens (tertiary/aromatic N) is 2. The van der Waals surface area contributed by atoms with Gasteiger partial charge in [-0.1, -0.05) is 30.3 Å². The Morgan fingerprint density at radius 2 is 2.22 bits per heavy atom. The van der Waals surface area contributed by atoms with E-state index >= 15 is 0 Å². The van der Waals surface area contributed by atoms with Crippen LogP contribution in [0.3, 0.4) is 0 Å². The Bertz CT molecular complexity index is 644. The van der Waals surface area contributed by atoms with Crippen LogP contribution in [0.15, 0.2) is 30.3 Å². The van der Waals surface area contributed by atoms with Gasteiger partial charge in [-0.25, -0.2) is 0 Å². The number of benzene rings is 1. The lowest BCUT2D eigenvalue weighted by atomic mass is 10.1. The predicted molar refractivity (Wildman–Crippen MR) is 82.8 cm³/mol. The van der Waals surface area contributed by atoms with Gasteiger partial charge in [-0.05, 0) is 18.9 Å². The highest BCUT2D eigenvalue weighted by Gasteiger charge is 2.29. The topological polar surface area (TPSA) is 89.1 Å². The van der Waals surface area contributed by atoms with Crippen molar-refractivity contribution in [2.75, 3.05) is 13.2 Å². The van der Waals surface area contributed by atoms with E-state index in [9.17, 15) is 4.79 Å². The molecule has 0 radical (unpaired) electrons. The molecule has 7 nitrogen and oxygen atoms in total. The lowest BCUT2D eigenvalue weighted by molar-refractivity contribution is -0.0605. The number of carbonyl (C=O) groups is 1. The van der Waals surface area contributed by atoms with Crippen molar-refractivity contribution < 1.29 is 14.3 Å². The van der Waals surface area contributed by atoms with E-state index in [2.05, 4.69) is 20.7 Å². The number of rotatable bonds is 5. The molecule has 2 aromatic rings. The molecule has 0 aliphatic carbocycles. The zero-order valence-electron chi connectivity index (χ0n) is 13.0. The van der Waals surface area contributed by atoms with Crippen LogP contribution in [0, 0.1) is 6.92 Å². The molecular formula is C16H20N4O3. The van der Waals surface area contributed by atoms with E-state index in [4.69, 9.17) is 9.47 Å². The number of hydrogen-bond acceptors (Lipinski definition) is 5. The maximum atomic E-state index is 12.3. The van der Waals surface area contributed by atoms with Crippen molar-refractivity contribution in [2.45, 2.75) is 32.1 Å². The molecule has 1 aromatic heterocycles. The van der Waals surface area contributed by atoms with Crippen LogP contribution in [0.1, 0.15) is 28.2 Å². The minimum Gasteiger partial charge on any atom is -0.379 e. The monoisotopic (exact) mass is 316 g/mol. The average molecular weight is 316 g/mol. The van der Waals surface area contributed by atoms with Crippen molar-refractivity contribution in [2.24, 2.45) is 0 Å². The van der Waals surface area contributed by atoms with Gasteiger partial charge in [0.25, 0.3) is 5.91 Å². The molecule has 1 aliphatic rings. The van der Waals surface area contributed by atoms with Crippen LogP contribution in [0.4, 0.5) is 0 Å². The fourth-order valence-electron chi connectivity index (χ4n) is 2.57. The van der Waals surface area contributed by atoms with E-state index in [1.54, 1.807) is 6.92 Å². The fourth-order valence-corrected chi connectivity index (χ4v) is 2.57. The summed E-state index contributed by atoms with van der Waals surface area (Å²) in [7, 11) is 0. The maximum absolute atomic E-state index is 12.3. The first-order chi connectivity index (χ1) is 11.2. The quantitative estimate of drug-likeness (QED) is 0.865. The van der Waals surface area contributed by atoms with Crippen molar-refractivity contribution in [1.82, 2.24) is 20.7 Å². The Kier molecular flexibility index (Phi) is 4.99. The molecule has 0 unspecified atom stereocenters. The Balaban J connectivity index is 1.60. The van der Waals surface area contributed by atoms with E-state index in [1.165, 1.54) is 0 Å². The minimum absolute atomic E-state index is 0.0832. The van der Waals surface area contributed by atoms with Crippen LogP contribution in [-0.2, 0) is 16.1 Å². The van der Waals surface area contributed by atoms with Gasteiger partial charge in [0.05, 0.1) is 31.1 Å². The third kappa shape index (κ3) is 3.94. The molecule has 122 valence electrons. The van der Waals surface area contributed by atoms with Crippen LogP contribution >= 0.6 is 0 Å². The molecule has 1 fully saturated rings. The number of aromatic amines is 1. The van der Waals surface area contributed by atoms with Crippen molar-refractivity contribution >= 4 is 5.91 Å². The number of nitrogens with one attached hydrogen (secondary N) is 2. The van der Waals surface area contributed by atoms with E-state index in [1.807, 2.05) is 30.3 Å². The second-order valence-electron chi connectivity index (χ2n) is 5.54. The average Bonchev–Trinajstić information content (AvgIpc) is 3.01. The summed E-state index contributed by atoms with van der Waals surface area (Å²) in [6, 6.07) is 9.78. The van der Waals surface area contributed by atoms with Crippen LogP contribution < -0.4 is 5.32 Å². The Labute approximate surface area is 134 Å². The van der Waals surface area contributed by atoms with Gasteiger partial charge in [0.15, 0.2) is 5.69 Å². The second-order valence-corrected chi connectivity index (χ2v) is 5.54. The number of amides is 1. The molecule has 1 amide bonds. The SMILES string of the molecule is Cc1n[nH]nc1C(=O)N[C@@H]1COCC[C@@H]1OCc1ccccc1. The summed E-state index contributed by atoms with van der Waals surface area (Å²) in [6.07, 6.45) is 0.662. The lowest BCUT2D eigenvalue weighted by Crippen LogP contribution is -2.50. The summed E-state index contributed by atoms with van der Waals surface area (Å²) < 4.78 is 11.5. The van der Waals surface area contributed by atoms with Gasteiger partial charge in [-0.3, -0.25) is 4.79 Å². The number of carbonyl (C=O) groups excluding carboxylic acids is 1. The number of ether oxygens (including phenoxy) is 2. The van der Waals surface area contributed by atoms with E-state index in [0.717, 1.165) is 12.0 Å². The van der Waals surface area contributed by atoms with Gasteiger partial charge in [0.1, 0.15) is 0 Å². The Morgan fingerprint density at radius 1 is 1.39 bits per heavy atom. The molecule has 3 rings (SSSR count). The summed E-state index contributed by atoms with van der Waals surface area (Å²) in [6.45, 7) is 3.32.